The molecule has 0 atom stereocenters. The summed E-state index contributed by atoms with van der Waals surface area (Å²) in [6.45, 7) is -0.115. The van der Waals surface area contributed by atoms with Crippen molar-refractivity contribution in [1.29, 1.82) is 0 Å². The topological polar surface area (TPSA) is 92.7 Å². The summed E-state index contributed by atoms with van der Waals surface area (Å²) in [5.74, 6) is 0.357. The molecule has 2 heterocycles. The number of nitrogens with one attached hydrogen (secondary N) is 2. The molecule has 7 heteroatoms. The summed E-state index contributed by atoms with van der Waals surface area (Å²) in [7, 11) is 0. The molecule has 7 nitrogen and oxygen atoms in total. The number of nitrogens with zero attached hydrogens (tertiary/aromatic N) is 3. The Kier molecular flexibility index (Phi) is 4.33. The van der Waals surface area contributed by atoms with Gasteiger partial charge in [-0.15, -0.1) is 0 Å². The van der Waals surface area contributed by atoms with Crippen molar-refractivity contribution in [1.82, 2.24) is 19.5 Å². The van der Waals surface area contributed by atoms with Gasteiger partial charge in [-0.05, 0) is 36.4 Å². The van der Waals surface area contributed by atoms with Gasteiger partial charge in [-0.1, -0.05) is 36.4 Å². The minimum absolute atomic E-state index is 0.115. The molecule has 0 aliphatic carbocycles. The number of hydrogen-bond acceptors (Lipinski definition) is 4. The molecule has 2 N–H and O–H groups in total. The first-order valence-electron chi connectivity index (χ1n) is 9.47. The minimum atomic E-state index is -0.325. The molecule has 5 aromatic rings. The second-order valence-electron chi connectivity index (χ2n) is 6.87. The van der Waals surface area contributed by atoms with Gasteiger partial charge in [-0.2, -0.15) is 0 Å². The lowest BCUT2D eigenvalue weighted by molar-refractivity contribution is -0.116. The fraction of sp³-hybridized carbons (Fsp3) is 0.0435. The van der Waals surface area contributed by atoms with Crippen molar-refractivity contribution in [3.05, 3.63) is 89.3 Å². The maximum atomic E-state index is 12.8. The van der Waals surface area contributed by atoms with Gasteiger partial charge in [-0.25, -0.2) is 9.97 Å². The van der Waals surface area contributed by atoms with E-state index < -0.39 is 0 Å². The van der Waals surface area contributed by atoms with Gasteiger partial charge >= 0.3 is 0 Å². The van der Waals surface area contributed by atoms with Gasteiger partial charge in [0, 0.05) is 5.56 Å². The van der Waals surface area contributed by atoms with Crippen LogP contribution in [-0.4, -0.2) is 25.4 Å². The van der Waals surface area contributed by atoms with E-state index in [9.17, 15) is 9.59 Å². The Balaban J connectivity index is 1.47. The molecule has 0 fully saturated rings. The van der Waals surface area contributed by atoms with Gasteiger partial charge in [0.2, 0.25) is 5.91 Å². The summed E-state index contributed by atoms with van der Waals surface area (Å²) in [6.07, 6.45) is 1.23. The zero-order chi connectivity index (χ0) is 20.5. The Bertz CT molecular complexity index is 1420. The average molecular weight is 395 g/mol. The van der Waals surface area contributed by atoms with Gasteiger partial charge in [0.1, 0.15) is 12.4 Å². The Morgan fingerprint density at radius 3 is 2.53 bits per heavy atom. The lowest BCUT2D eigenvalue weighted by Crippen LogP contribution is -2.28. The van der Waals surface area contributed by atoms with Crippen molar-refractivity contribution < 1.29 is 4.79 Å². The number of carbonyl (C=O) groups excluding carboxylic acids is 1. The molecule has 0 radical (unpaired) electrons. The molecule has 146 valence electrons. The van der Waals surface area contributed by atoms with Crippen LogP contribution in [0.1, 0.15) is 0 Å². The van der Waals surface area contributed by atoms with Crippen LogP contribution < -0.4 is 10.9 Å². The molecule has 3 aromatic carbocycles. The predicted molar refractivity (Wildman–Crippen MR) is 116 cm³/mol. The highest BCUT2D eigenvalue weighted by molar-refractivity contribution is 5.96. The van der Waals surface area contributed by atoms with Crippen molar-refractivity contribution in [3.8, 4) is 11.4 Å². The van der Waals surface area contributed by atoms with E-state index in [0.29, 0.717) is 22.5 Å². The number of anilines is 1. The number of para-hydroxylation sites is 5. The van der Waals surface area contributed by atoms with Crippen molar-refractivity contribution in [3.63, 3.8) is 0 Å². The summed E-state index contributed by atoms with van der Waals surface area (Å²) in [6, 6.07) is 22.4. The van der Waals surface area contributed by atoms with Crippen molar-refractivity contribution in [2.45, 2.75) is 6.54 Å². The molecule has 0 saturated carbocycles. The van der Waals surface area contributed by atoms with E-state index >= 15 is 0 Å². The number of H-pyrrole nitrogens is 1. The van der Waals surface area contributed by atoms with E-state index in [0.717, 1.165) is 16.6 Å². The summed E-state index contributed by atoms with van der Waals surface area (Å²) in [5, 5.41) is 2.91. The highest BCUT2D eigenvalue weighted by Gasteiger charge is 2.13. The summed E-state index contributed by atoms with van der Waals surface area (Å²) >= 11 is 0. The van der Waals surface area contributed by atoms with Crippen LogP contribution in [0.15, 0.2) is 83.8 Å². The second kappa shape index (κ2) is 7.29. The number of aromatic amines is 1. The zero-order valence-electron chi connectivity index (χ0n) is 15.9. The van der Waals surface area contributed by atoms with Gasteiger partial charge in [0.05, 0.1) is 34.0 Å². The van der Waals surface area contributed by atoms with Crippen LogP contribution >= 0.6 is 0 Å². The molecule has 0 unspecified atom stereocenters. The summed E-state index contributed by atoms with van der Waals surface area (Å²) in [4.78, 5) is 37.2. The molecule has 0 aliphatic heterocycles. The molecule has 0 spiro atoms. The molecular formula is C23H17N5O2. The third-order valence-electron chi connectivity index (χ3n) is 4.90. The zero-order valence-corrected chi connectivity index (χ0v) is 15.9. The second-order valence-corrected chi connectivity index (χ2v) is 6.87. The molecule has 1 amide bonds. The molecule has 2 aromatic heterocycles. The maximum absolute atomic E-state index is 12.8. The maximum Gasteiger partial charge on any atom is 0.269 e. The van der Waals surface area contributed by atoms with E-state index in [1.165, 1.54) is 10.8 Å². The minimum Gasteiger partial charge on any atom is -0.338 e. The van der Waals surface area contributed by atoms with Gasteiger partial charge in [0.15, 0.2) is 0 Å². The third kappa shape index (κ3) is 3.22. The largest absolute Gasteiger partial charge is 0.338 e. The normalized spacial score (nSPS) is 11.1. The van der Waals surface area contributed by atoms with Crippen LogP contribution in [0.25, 0.3) is 33.5 Å². The van der Waals surface area contributed by atoms with Crippen LogP contribution in [0.4, 0.5) is 5.69 Å². The number of carbonyl (C=O) groups is 1. The Morgan fingerprint density at radius 2 is 1.67 bits per heavy atom. The van der Waals surface area contributed by atoms with Crippen LogP contribution in [-0.2, 0) is 11.3 Å². The lowest BCUT2D eigenvalue weighted by Gasteiger charge is -2.12. The van der Waals surface area contributed by atoms with Crippen LogP contribution in [0.2, 0.25) is 0 Å². The number of fused-ring (bicyclic) bond motifs is 2. The van der Waals surface area contributed by atoms with Crippen LogP contribution in [0.3, 0.4) is 0 Å². The lowest BCUT2D eigenvalue weighted by atomic mass is 10.1. The van der Waals surface area contributed by atoms with Crippen molar-refractivity contribution in [2.75, 3.05) is 5.32 Å². The smallest absolute Gasteiger partial charge is 0.269 e. The predicted octanol–water partition coefficient (Wildman–Crippen LogP) is 3.58. The highest BCUT2D eigenvalue weighted by atomic mass is 16.2. The number of imidazole rings is 1. The van der Waals surface area contributed by atoms with Gasteiger partial charge < -0.3 is 10.3 Å². The third-order valence-corrected chi connectivity index (χ3v) is 4.90. The first-order valence-corrected chi connectivity index (χ1v) is 9.47. The Labute approximate surface area is 171 Å². The van der Waals surface area contributed by atoms with Gasteiger partial charge in [0.25, 0.3) is 5.56 Å². The number of amides is 1. The molecular weight excluding hydrogens is 378 g/mol. The molecule has 0 saturated heterocycles. The van der Waals surface area contributed by atoms with E-state index in [4.69, 9.17) is 0 Å². The number of hydrogen-bond donors (Lipinski definition) is 2. The van der Waals surface area contributed by atoms with Crippen LogP contribution in [0.5, 0.6) is 0 Å². The molecule has 0 aliphatic rings. The fourth-order valence-electron chi connectivity index (χ4n) is 3.49. The first kappa shape index (κ1) is 17.8. The first-order chi connectivity index (χ1) is 14.7. The molecule has 0 bridgehead atoms. The van der Waals surface area contributed by atoms with E-state index in [2.05, 4.69) is 20.3 Å². The van der Waals surface area contributed by atoms with Crippen LogP contribution in [0, 0.1) is 0 Å². The Hall–Kier alpha value is -4.26. The Morgan fingerprint density at radius 1 is 0.933 bits per heavy atom. The van der Waals surface area contributed by atoms with Crippen molar-refractivity contribution >= 4 is 33.7 Å². The number of benzene rings is 3. The number of rotatable bonds is 4. The van der Waals surface area contributed by atoms with Gasteiger partial charge in [-0.3, -0.25) is 14.2 Å². The highest BCUT2D eigenvalue weighted by Crippen LogP contribution is 2.27. The average Bonchev–Trinajstić information content (AvgIpc) is 3.20. The van der Waals surface area contributed by atoms with E-state index in [1.54, 1.807) is 12.1 Å². The van der Waals surface area contributed by atoms with Crippen molar-refractivity contribution in [2.24, 2.45) is 0 Å². The fourth-order valence-corrected chi connectivity index (χ4v) is 3.49. The number of aromatic nitrogens is 4. The quantitative estimate of drug-likeness (QED) is 0.486. The summed E-state index contributed by atoms with van der Waals surface area (Å²) < 4.78 is 1.42. The monoisotopic (exact) mass is 395 g/mol. The van der Waals surface area contributed by atoms with E-state index in [-0.39, 0.29) is 18.0 Å². The SMILES string of the molecule is O=C(Cn1c(=O)cnc2ccccc21)Nc1ccccc1-c1nc2ccccc2[nH]1. The molecule has 5 rings (SSSR count). The summed E-state index contributed by atoms with van der Waals surface area (Å²) in [5.41, 5.74) is 4.11. The van der Waals surface area contributed by atoms with E-state index in [1.807, 2.05) is 60.7 Å². The standard InChI is InChI=1S/C23H17N5O2/c29-21(14-28-20-12-6-5-11-19(20)24-13-22(28)30)25-16-8-2-1-7-15(16)23-26-17-9-3-4-10-18(17)27-23/h1-13H,14H2,(H,25,29)(H,26,27). The molecule has 30 heavy (non-hydrogen) atoms.